The number of benzene rings is 3. The van der Waals surface area contributed by atoms with E-state index in [1.165, 1.54) is 0 Å². The number of anilines is 1. The van der Waals surface area contributed by atoms with E-state index in [1.807, 2.05) is 31.1 Å². The van der Waals surface area contributed by atoms with E-state index in [1.54, 1.807) is 34.5 Å². The number of ether oxygens (including phenoxy) is 4. The van der Waals surface area contributed by atoms with Crippen molar-refractivity contribution in [3.05, 3.63) is 29.8 Å². The lowest BCUT2D eigenvalue weighted by atomic mass is 9.92. The van der Waals surface area contributed by atoms with Crippen molar-refractivity contribution in [3.8, 4) is 23.0 Å². The Morgan fingerprint density at radius 3 is 2.06 bits per heavy atom. The molecule has 1 aliphatic heterocycles. The lowest BCUT2D eigenvalue weighted by Gasteiger charge is -2.33. The smallest absolute Gasteiger partial charge is 0.259 e. The number of methoxy groups -OCH3 is 4. The van der Waals surface area contributed by atoms with Crippen molar-refractivity contribution in [2.75, 3.05) is 60.5 Å². The Morgan fingerprint density at radius 2 is 1.48 bits per heavy atom. The Bertz CT molecular complexity index is 1250. The maximum absolute atomic E-state index is 13.7. The summed E-state index contributed by atoms with van der Waals surface area (Å²) in [7, 11) is 10.5. The number of rotatable bonds is 8. The number of carbonyl (C=O) groups excluding carboxylic acids is 1. The highest BCUT2D eigenvalue weighted by molar-refractivity contribution is 6.31. The van der Waals surface area contributed by atoms with Crippen molar-refractivity contribution in [1.29, 1.82) is 0 Å². The molecule has 33 heavy (non-hydrogen) atoms. The van der Waals surface area contributed by atoms with Gasteiger partial charge in [-0.25, -0.2) is 0 Å². The molecule has 0 aromatic heterocycles. The highest BCUT2D eigenvalue weighted by atomic mass is 16.5. The standard InChI is InChI=1S/C26H32N2O5/c1-26(2,13-27(3)4)14-28-18-9-15-10-19(30-5)20(31-6)11-16(15)23-22(18)17(25(28)29)12-21(32-7)24(23)33-8/h9-12H,13-14H2,1-8H3. The first-order valence-corrected chi connectivity index (χ1v) is 10.9. The zero-order valence-corrected chi connectivity index (χ0v) is 20.7. The number of hydrogen-bond donors (Lipinski definition) is 0. The summed E-state index contributed by atoms with van der Waals surface area (Å²) in [6.45, 7) is 5.78. The quantitative estimate of drug-likeness (QED) is 0.467. The maximum atomic E-state index is 13.7. The molecule has 0 radical (unpaired) electrons. The van der Waals surface area contributed by atoms with E-state index >= 15 is 0 Å². The summed E-state index contributed by atoms with van der Waals surface area (Å²) < 4.78 is 22.6. The lowest BCUT2D eigenvalue weighted by Crippen LogP contribution is -2.41. The van der Waals surface area contributed by atoms with Gasteiger partial charge in [-0.1, -0.05) is 13.8 Å². The first-order chi connectivity index (χ1) is 15.6. The van der Waals surface area contributed by atoms with Gasteiger partial charge < -0.3 is 28.7 Å². The summed E-state index contributed by atoms with van der Waals surface area (Å²) in [6, 6.07) is 7.72. The van der Waals surface area contributed by atoms with Gasteiger partial charge in [-0.05, 0) is 54.5 Å². The van der Waals surface area contributed by atoms with Gasteiger partial charge in [-0.3, -0.25) is 4.79 Å². The zero-order chi connectivity index (χ0) is 24.1. The van der Waals surface area contributed by atoms with Crippen LogP contribution in [-0.4, -0.2) is 66.4 Å². The molecule has 0 fully saturated rings. The molecule has 0 atom stereocenters. The van der Waals surface area contributed by atoms with Gasteiger partial charge in [0.15, 0.2) is 23.0 Å². The summed E-state index contributed by atoms with van der Waals surface area (Å²) >= 11 is 0. The van der Waals surface area contributed by atoms with Gasteiger partial charge in [0.25, 0.3) is 5.91 Å². The molecule has 1 heterocycles. The van der Waals surface area contributed by atoms with Gasteiger partial charge in [0.1, 0.15) is 0 Å². The van der Waals surface area contributed by atoms with Crippen molar-refractivity contribution in [2.24, 2.45) is 5.41 Å². The number of carbonyl (C=O) groups is 1. The van der Waals surface area contributed by atoms with Gasteiger partial charge in [0.05, 0.1) is 39.7 Å². The Hall–Kier alpha value is -3.19. The van der Waals surface area contributed by atoms with Crippen molar-refractivity contribution < 1.29 is 23.7 Å². The summed E-state index contributed by atoms with van der Waals surface area (Å²) in [4.78, 5) is 17.7. The predicted molar refractivity (Wildman–Crippen MR) is 132 cm³/mol. The van der Waals surface area contributed by atoms with Crippen LogP contribution in [0.1, 0.15) is 24.2 Å². The zero-order valence-electron chi connectivity index (χ0n) is 20.7. The van der Waals surface area contributed by atoms with Crippen molar-refractivity contribution in [2.45, 2.75) is 13.8 Å². The van der Waals surface area contributed by atoms with E-state index < -0.39 is 0 Å². The van der Waals surface area contributed by atoms with Gasteiger partial charge in [0.2, 0.25) is 0 Å². The first-order valence-electron chi connectivity index (χ1n) is 10.9. The predicted octanol–water partition coefficient (Wildman–Crippen LogP) is 4.58. The molecule has 3 aromatic carbocycles. The summed E-state index contributed by atoms with van der Waals surface area (Å²) in [5, 5.41) is 3.54. The highest BCUT2D eigenvalue weighted by Crippen LogP contribution is 2.51. The van der Waals surface area contributed by atoms with Gasteiger partial charge in [0, 0.05) is 23.9 Å². The third-order valence-electron chi connectivity index (χ3n) is 6.14. The van der Waals surface area contributed by atoms with Crippen LogP contribution in [-0.2, 0) is 0 Å². The third kappa shape index (κ3) is 3.70. The van der Waals surface area contributed by atoms with Crippen molar-refractivity contribution in [3.63, 3.8) is 0 Å². The summed E-state index contributed by atoms with van der Waals surface area (Å²) in [5.74, 6) is 2.33. The molecule has 1 amide bonds. The molecule has 7 heteroatoms. The van der Waals surface area contributed by atoms with Crippen LogP contribution in [0.25, 0.3) is 21.5 Å². The highest BCUT2D eigenvalue weighted by Gasteiger charge is 2.37. The van der Waals surface area contributed by atoms with Crippen molar-refractivity contribution >= 4 is 33.1 Å². The second-order valence-corrected chi connectivity index (χ2v) is 9.53. The molecular formula is C26H32N2O5. The van der Waals surface area contributed by atoms with E-state index in [9.17, 15) is 4.79 Å². The maximum Gasteiger partial charge on any atom is 0.259 e. The fraction of sp³-hybridized carbons (Fsp3) is 0.423. The number of hydrogen-bond acceptors (Lipinski definition) is 6. The molecule has 0 spiro atoms. The molecule has 3 aromatic rings. The van der Waals surface area contributed by atoms with Crippen LogP contribution < -0.4 is 23.8 Å². The van der Waals surface area contributed by atoms with Gasteiger partial charge in [-0.15, -0.1) is 0 Å². The SMILES string of the molecule is COc1cc2cc3c4c(cc(OC)c(OC)c4c2cc1OC)C(=O)N3CC(C)(C)CN(C)C. The molecule has 0 bridgehead atoms. The van der Waals surface area contributed by atoms with E-state index in [4.69, 9.17) is 18.9 Å². The van der Waals surface area contributed by atoms with Crippen LogP contribution in [0.4, 0.5) is 5.69 Å². The first kappa shape index (κ1) is 23.0. The number of nitrogens with zero attached hydrogens (tertiary/aromatic N) is 2. The molecule has 7 nitrogen and oxygen atoms in total. The molecule has 0 unspecified atom stereocenters. The van der Waals surface area contributed by atoms with Gasteiger partial charge in [-0.2, -0.15) is 0 Å². The second-order valence-electron chi connectivity index (χ2n) is 9.53. The molecule has 0 N–H and O–H groups in total. The van der Waals surface area contributed by atoms with Crippen LogP contribution in [0, 0.1) is 5.41 Å². The van der Waals surface area contributed by atoms with Crippen LogP contribution in [0.15, 0.2) is 24.3 Å². The molecular weight excluding hydrogens is 420 g/mol. The summed E-state index contributed by atoms with van der Waals surface area (Å²) in [6.07, 6.45) is 0. The topological polar surface area (TPSA) is 60.5 Å². The average molecular weight is 453 g/mol. The normalized spacial score (nSPS) is 13.4. The van der Waals surface area contributed by atoms with Gasteiger partial charge >= 0.3 is 0 Å². The Labute approximate surface area is 194 Å². The van der Waals surface area contributed by atoms with Crippen LogP contribution in [0.2, 0.25) is 0 Å². The fourth-order valence-corrected chi connectivity index (χ4v) is 5.10. The van der Waals surface area contributed by atoms with E-state index in [2.05, 4.69) is 24.8 Å². The van der Waals surface area contributed by atoms with Crippen LogP contribution in [0.5, 0.6) is 23.0 Å². The second kappa shape index (κ2) is 8.30. The molecule has 0 aliphatic carbocycles. The molecule has 0 saturated heterocycles. The molecule has 1 aliphatic rings. The van der Waals surface area contributed by atoms with E-state index in [0.717, 1.165) is 33.8 Å². The van der Waals surface area contributed by atoms with Crippen LogP contribution >= 0.6 is 0 Å². The fourth-order valence-electron chi connectivity index (χ4n) is 5.10. The number of fused-ring (bicyclic) bond motifs is 2. The minimum absolute atomic E-state index is 0.0305. The molecule has 176 valence electrons. The summed E-state index contributed by atoms with van der Waals surface area (Å²) in [5.41, 5.74) is 1.38. The molecule has 0 saturated carbocycles. The Morgan fingerprint density at radius 1 is 0.848 bits per heavy atom. The van der Waals surface area contributed by atoms with E-state index in [0.29, 0.717) is 35.1 Å². The largest absolute Gasteiger partial charge is 0.493 e. The minimum atomic E-state index is -0.117. The Kier molecular flexibility index (Phi) is 5.78. The number of amides is 1. The third-order valence-corrected chi connectivity index (χ3v) is 6.14. The minimum Gasteiger partial charge on any atom is -0.493 e. The van der Waals surface area contributed by atoms with Crippen molar-refractivity contribution in [1.82, 2.24) is 4.90 Å². The van der Waals surface area contributed by atoms with Crippen LogP contribution in [0.3, 0.4) is 0 Å². The lowest BCUT2D eigenvalue weighted by molar-refractivity contribution is 0.0977. The Balaban J connectivity index is 2.07. The average Bonchev–Trinajstić information content (AvgIpc) is 3.02. The monoisotopic (exact) mass is 452 g/mol. The molecule has 4 rings (SSSR count). The van der Waals surface area contributed by atoms with E-state index in [-0.39, 0.29) is 11.3 Å².